The monoisotopic (exact) mass is 412 g/mol. The number of hydrogen-bond acceptors (Lipinski definition) is 4. The fourth-order valence-corrected chi connectivity index (χ4v) is 3.69. The number of ether oxygens (including phenoxy) is 1. The van der Waals surface area contributed by atoms with Gasteiger partial charge in [0.25, 0.3) is 5.91 Å². The van der Waals surface area contributed by atoms with E-state index in [-0.39, 0.29) is 18.6 Å². The fourth-order valence-electron chi connectivity index (χ4n) is 3.69. The largest absolute Gasteiger partial charge is 0.462 e. The van der Waals surface area contributed by atoms with E-state index in [4.69, 9.17) is 4.74 Å². The summed E-state index contributed by atoms with van der Waals surface area (Å²) in [6, 6.07) is 3.41. The number of carbonyl (C=O) groups excluding carboxylic acids is 2. The van der Waals surface area contributed by atoms with Gasteiger partial charge in [0.1, 0.15) is 11.3 Å². The van der Waals surface area contributed by atoms with E-state index < -0.39 is 23.4 Å². The Bertz CT molecular complexity index is 888. The average molecular weight is 412 g/mol. The Morgan fingerprint density at radius 2 is 2.03 bits per heavy atom. The molecular formula is C19H23F3N4O3. The fraction of sp³-hybridized carbons (Fsp3) is 0.526. The van der Waals surface area contributed by atoms with Crippen LogP contribution in [0.25, 0.3) is 0 Å². The number of hydrogen-bond donors (Lipinski definition) is 0. The molecular weight excluding hydrogens is 389 g/mol. The average Bonchev–Trinajstić information content (AvgIpc) is 3.26. The minimum atomic E-state index is -4.71. The highest BCUT2D eigenvalue weighted by atomic mass is 19.4. The Morgan fingerprint density at radius 1 is 1.28 bits per heavy atom. The molecule has 0 N–H and O–H groups in total. The molecule has 1 aliphatic rings. The molecule has 0 saturated carbocycles. The van der Waals surface area contributed by atoms with Crippen molar-refractivity contribution >= 4 is 11.9 Å². The Hall–Kier alpha value is -2.78. The molecule has 3 rings (SSSR count). The van der Waals surface area contributed by atoms with Gasteiger partial charge in [0, 0.05) is 39.3 Å². The van der Waals surface area contributed by atoms with Crippen molar-refractivity contribution in [2.24, 2.45) is 14.1 Å². The van der Waals surface area contributed by atoms with Crippen LogP contribution in [0.3, 0.4) is 0 Å². The van der Waals surface area contributed by atoms with Crippen molar-refractivity contribution in [1.82, 2.24) is 19.2 Å². The van der Waals surface area contributed by atoms with Gasteiger partial charge in [-0.15, -0.1) is 0 Å². The van der Waals surface area contributed by atoms with E-state index in [0.717, 1.165) is 32.5 Å². The van der Waals surface area contributed by atoms with Crippen LogP contribution in [0.2, 0.25) is 0 Å². The van der Waals surface area contributed by atoms with Crippen molar-refractivity contribution in [3.63, 3.8) is 0 Å². The van der Waals surface area contributed by atoms with Crippen LogP contribution < -0.4 is 0 Å². The van der Waals surface area contributed by atoms with Crippen molar-refractivity contribution in [3.05, 3.63) is 41.5 Å². The number of alkyl halides is 3. The highest BCUT2D eigenvalue weighted by Crippen LogP contribution is 2.32. The third-order valence-electron chi connectivity index (χ3n) is 5.16. The number of aryl methyl sites for hydroxylation is 2. The lowest BCUT2D eigenvalue weighted by Crippen LogP contribution is -2.44. The number of carbonyl (C=O) groups is 2. The van der Waals surface area contributed by atoms with Gasteiger partial charge >= 0.3 is 12.1 Å². The van der Waals surface area contributed by atoms with Crippen molar-refractivity contribution in [2.75, 3.05) is 13.2 Å². The summed E-state index contributed by atoms with van der Waals surface area (Å²) in [5.74, 6) is -1.17. The maximum atomic E-state index is 13.1. The predicted molar refractivity (Wildman–Crippen MR) is 97.2 cm³/mol. The molecule has 158 valence electrons. The molecule has 1 fully saturated rings. The van der Waals surface area contributed by atoms with Crippen molar-refractivity contribution < 1.29 is 27.5 Å². The van der Waals surface area contributed by atoms with Crippen LogP contribution in [0.5, 0.6) is 0 Å². The van der Waals surface area contributed by atoms with Crippen molar-refractivity contribution in [2.45, 2.75) is 37.9 Å². The minimum absolute atomic E-state index is 0.0768. The Balaban J connectivity index is 1.62. The molecule has 0 aromatic carbocycles. The van der Waals surface area contributed by atoms with E-state index in [1.165, 1.54) is 0 Å². The van der Waals surface area contributed by atoms with E-state index in [2.05, 4.69) is 5.10 Å². The lowest BCUT2D eigenvalue weighted by atomic mass is 9.99. The van der Waals surface area contributed by atoms with Gasteiger partial charge in [0.05, 0.1) is 12.8 Å². The highest BCUT2D eigenvalue weighted by molar-refractivity contribution is 5.93. The van der Waals surface area contributed by atoms with Crippen LogP contribution >= 0.6 is 0 Å². The van der Waals surface area contributed by atoms with E-state index in [1.54, 1.807) is 34.8 Å². The predicted octanol–water partition coefficient (Wildman–Crippen LogP) is 3.02. The maximum Gasteiger partial charge on any atom is 0.433 e. The first-order chi connectivity index (χ1) is 13.7. The number of piperidine rings is 1. The van der Waals surface area contributed by atoms with Gasteiger partial charge in [-0.1, -0.05) is 0 Å². The lowest BCUT2D eigenvalue weighted by Gasteiger charge is -2.35. The summed E-state index contributed by atoms with van der Waals surface area (Å²) in [7, 11) is 2.91. The molecule has 0 bridgehead atoms. The van der Waals surface area contributed by atoms with Crippen LogP contribution in [0.15, 0.2) is 24.5 Å². The zero-order valence-electron chi connectivity index (χ0n) is 16.3. The first-order valence-electron chi connectivity index (χ1n) is 9.38. The van der Waals surface area contributed by atoms with Gasteiger partial charge in [0.15, 0.2) is 5.69 Å². The molecule has 10 heteroatoms. The summed E-state index contributed by atoms with van der Waals surface area (Å²) in [6.07, 6.45) is 0.893. The summed E-state index contributed by atoms with van der Waals surface area (Å²) >= 11 is 0. The van der Waals surface area contributed by atoms with Crippen LogP contribution in [-0.2, 0) is 25.0 Å². The third kappa shape index (κ3) is 4.46. The second-order valence-corrected chi connectivity index (χ2v) is 7.11. The second-order valence-electron chi connectivity index (χ2n) is 7.11. The van der Waals surface area contributed by atoms with Gasteiger partial charge < -0.3 is 14.2 Å². The summed E-state index contributed by atoms with van der Waals surface area (Å²) in [4.78, 5) is 26.7. The highest BCUT2D eigenvalue weighted by Gasteiger charge is 2.40. The molecule has 0 radical (unpaired) electrons. The molecule has 0 spiro atoms. The summed E-state index contributed by atoms with van der Waals surface area (Å²) in [5, 5.41) is 3.51. The summed E-state index contributed by atoms with van der Waals surface area (Å²) in [5.41, 5.74) is -1.18. The molecule has 29 heavy (non-hydrogen) atoms. The van der Waals surface area contributed by atoms with Crippen LogP contribution in [0.4, 0.5) is 13.2 Å². The first kappa shape index (κ1) is 20.9. The Kier molecular flexibility index (Phi) is 5.99. The topological polar surface area (TPSA) is 69.4 Å². The minimum Gasteiger partial charge on any atom is -0.462 e. The zero-order valence-corrected chi connectivity index (χ0v) is 16.3. The van der Waals surface area contributed by atoms with Crippen LogP contribution in [0, 0.1) is 0 Å². The molecule has 7 nitrogen and oxygen atoms in total. The molecule has 1 aliphatic heterocycles. The number of esters is 1. The summed E-state index contributed by atoms with van der Waals surface area (Å²) in [6.45, 7) is 0.524. The smallest absolute Gasteiger partial charge is 0.433 e. The third-order valence-corrected chi connectivity index (χ3v) is 5.16. The van der Waals surface area contributed by atoms with Crippen molar-refractivity contribution in [3.8, 4) is 0 Å². The van der Waals surface area contributed by atoms with Crippen LogP contribution in [0.1, 0.15) is 52.2 Å². The quantitative estimate of drug-likeness (QED) is 0.708. The molecule has 1 amide bonds. The molecule has 1 saturated heterocycles. The van der Waals surface area contributed by atoms with E-state index in [9.17, 15) is 22.8 Å². The van der Waals surface area contributed by atoms with Crippen molar-refractivity contribution in [1.29, 1.82) is 0 Å². The molecule has 3 heterocycles. The van der Waals surface area contributed by atoms with Crippen LogP contribution in [-0.4, -0.2) is 50.3 Å². The first-order valence-corrected chi connectivity index (χ1v) is 9.38. The Labute approximate surface area is 166 Å². The molecule has 0 unspecified atom stereocenters. The van der Waals surface area contributed by atoms with Gasteiger partial charge in [0.2, 0.25) is 0 Å². The molecule has 0 aliphatic carbocycles. The normalized spacial score (nSPS) is 17.4. The Morgan fingerprint density at radius 3 is 2.69 bits per heavy atom. The number of halogens is 3. The van der Waals surface area contributed by atoms with E-state index in [0.29, 0.717) is 23.3 Å². The maximum absolute atomic E-state index is 13.1. The lowest BCUT2D eigenvalue weighted by molar-refractivity contribution is -0.144. The standard InChI is InChI=1S/C19H23F3N4O3/c1-24-9-5-7-15(24)17(27)26-10-4-3-6-13(26)8-11-29-18(28)14-12-23-25(2)16(14)19(20,21)22/h5,7,9,12-13H,3-4,6,8,10-11H2,1-2H3/t13-/m1/s1. The van der Waals surface area contributed by atoms with Gasteiger partial charge in [-0.3, -0.25) is 9.48 Å². The number of amides is 1. The molecule has 1 atom stereocenters. The molecule has 2 aromatic rings. The SMILES string of the molecule is Cn1cccc1C(=O)N1CCCC[C@@H]1CCOC(=O)c1cnn(C)c1C(F)(F)F. The molecule has 2 aromatic heterocycles. The van der Waals surface area contributed by atoms with Gasteiger partial charge in [-0.25, -0.2) is 4.79 Å². The summed E-state index contributed by atoms with van der Waals surface area (Å²) < 4.78 is 46.8. The van der Waals surface area contributed by atoms with Gasteiger partial charge in [-0.2, -0.15) is 18.3 Å². The van der Waals surface area contributed by atoms with E-state index in [1.807, 2.05) is 0 Å². The van der Waals surface area contributed by atoms with E-state index >= 15 is 0 Å². The number of likely N-dealkylation sites (tertiary alicyclic amines) is 1. The zero-order chi connectivity index (χ0) is 21.2. The van der Waals surface area contributed by atoms with Gasteiger partial charge in [-0.05, 0) is 31.4 Å². The second kappa shape index (κ2) is 8.30. The number of rotatable bonds is 5. The number of nitrogens with zero attached hydrogens (tertiary/aromatic N) is 4. The number of aromatic nitrogens is 3.